The number of aliphatic hydroxyl groups is 1. The maximum atomic E-state index is 10.8. The SMILES string of the molecule is CCCN(CC)C(C)(O)CN1CCc2cc(N)ccc21. The van der Waals surface area contributed by atoms with Crippen molar-refractivity contribution >= 4 is 11.4 Å². The van der Waals surface area contributed by atoms with E-state index in [-0.39, 0.29) is 0 Å². The summed E-state index contributed by atoms with van der Waals surface area (Å²) < 4.78 is 0. The van der Waals surface area contributed by atoms with E-state index in [0.717, 1.165) is 38.2 Å². The van der Waals surface area contributed by atoms with Crippen molar-refractivity contribution in [1.29, 1.82) is 0 Å². The summed E-state index contributed by atoms with van der Waals surface area (Å²) in [4.78, 5) is 4.41. The van der Waals surface area contributed by atoms with Crippen molar-refractivity contribution in [3.8, 4) is 0 Å². The van der Waals surface area contributed by atoms with Crippen LogP contribution in [0.3, 0.4) is 0 Å². The fourth-order valence-electron chi connectivity index (χ4n) is 3.13. The van der Waals surface area contributed by atoms with Crippen LogP contribution in [0, 0.1) is 0 Å². The molecule has 0 saturated carbocycles. The number of anilines is 2. The Bertz CT molecular complexity index is 459. The minimum atomic E-state index is -0.798. The van der Waals surface area contributed by atoms with Gasteiger partial charge in [-0.05, 0) is 50.1 Å². The van der Waals surface area contributed by atoms with E-state index in [2.05, 4.69) is 29.7 Å². The Labute approximate surface area is 122 Å². The molecule has 0 amide bonds. The fraction of sp³-hybridized carbons (Fsp3) is 0.625. The van der Waals surface area contributed by atoms with E-state index < -0.39 is 5.72 Å². The molecule has 0 aliphatic carbocycles. The molecule has 0 aromatic heterocycles. The van der Waals surface area contributed by atoms with Crippen molar-refractivity contribution in [3.63, 3.8) is 0 Å². The lowest BCUT2D eigenvalue weighted by atomic mass is 10.1. The zero-order chi connectivity index (χ0) is 14.8. The van der Waals surface area contributed by atoms with Gasteiger partial charge in [-0.1, -0.05) is 13.8 Å². The van der Waals surface area contributed by atoms with Gasteiger partial charge in [0.15, 0.2) is 0 Å². The van der Waals surface area contributed by atoms with Crippen LogP contribution in [0.2, 0.25) is 0 Å². The van der Waals surface area contributed by atoms with Crippen LogP contribution in [-0.4, -0.2) is 41.9 Å². The number of likely N-dealkylation sites (N-methyl/N-ethyl adjacent to an activating group) is 1. The molecule has 3 N–H and O–H groups in total. The molecule has 0 radical (unpaired) electrons. The van der Waals surface area contributed by atoms with Crippen molar-refractivity contribution in [2.45, 2.75) is 39.3 Å². The number of fused-ring (bicyclic) bond motifs is 1. The predicted octanol–water partition coefficient (Wildman–Crippen LogP) is 2.07. The molecule has 112 valence electrons. The van der Waals surface area contributed by atoms with Gasteiger partial charge in [-0.25, -0.2) is 0 Å². The first-order chi connectivity index (χ1) is 9.47. The van der Waals surface area contributed by atoms with Gasteiger partial charge < -0.3 is 15.7 Å². The molecule has 20 heavy (non-hydrogen) atoms. The minimum absolute atomic E-state index is 0.637. The second kappa shape index (κ2) is 6.02. The molecule has 0 saturated heterocycles. The highest BCUT2D eigenvalue weighted by Crippen LogP contribution is 2.31. The Morgan fingerprint density at radius 1 is 1.40 bits per heavy atom. The Hall–Kier alpha value is -1.26. The normalized spacial score (nSPS) is 17.4. The van der Waals surface area contributed by atoms with Gasteiger partial charge >= 0.3 is 0 Å². The van der Waals surface area contributed by atoms with Crippen LogP contribution < -0.4 is 10.6 Å². The van der Waals surface area contributed by atoms with Crippen molar-refractivity contribution in [1.82, 2.24) is 4.90 Å². The molecule has 4 nitrogen and oxygen atoms in total. The van der Waals surface area contributed by atoms with E-state index in [1.165, 1.54) is 11.3 Å². The number of rotatable bonds is 6. The van der Waals surface area contributed by atoms with Crippen LogP contribution in [0.25, 0.3) is 0 Å². The summed E-state index contributed by atoms with van der Waals surface area (Å²) in [5.41, 5.74) is 8.36. The molecule has 0 fully saturated rings. The van der Waals surface area contributed by atoms with E-state index in [9.17, 15) is 5.11 Å². The van der Waals surface area contributed by atoms with Crippen molar-refractivity contribution in [2.75, 3.05) is 36.8 Å². The van der Waals surface area contributed by atoms with Crippen LogP contribution in [0.1, 0.15) is 32.8 Å². The molecule has 4 heteroatoms. The summed E-state index contributed by atoms with van der Waals surface area (Å²) in [7, 11) is 0. The van der Waals surface area contributed by atoms with E-state index >= 15 is 0 Å². The zero-order valence-electron chi connectivity index (χ0n) is 12.9. The summed E-state index contributed by atoms with van der Waals surface area (Å²) >= 11 is 0. The maximum Gasteiger partial charge on any atom is 0.133 e. The Kier molecular flexibility index (Phi) is 4.55. The number of nitrogens with zero attached hydrogens (tertiary/aromatic N) is 2. The molecule has 0 spiro atoms. The lowest BCUT2D eigenvalue weighted by Crippen LogP contribution is -2.54. The van der Waals surface area contributed by atoms with Gasteiger partial charge in [-0.2, -0.15) is 0 Å². The van der Waals surface area contributed by atoms with Crippen molar-refractivity contribution in [2.24, 2.45) is 0 Å². The molecular weight excluding hydrogens is 250 g/mol. The van der Waals surface area contributed by atoms with Gasteiger partial charge in [0.25, 0.3) is 0 Å². The van der Waals surface area contributed by atoms with E-state index in [0.29, 0.717) is 6.54 Å². The first-order valence-corrected chi connectivity index (χ1v) is 7.58. The standard InChI is InChI=1S/C16H27N3O/c1-4-9-19(5-2)16(3,20)12-18-10-8-13-11-14(17)6-7-15(13)18/h6-7,11,20H,4-5,8-10,12,17H2,1-3H3. The molecular formula is C16H27N3O. The van der Waals surface area contributed by atoms with Gasteiger partial charge in [0.2, 0.25) is 0 Å². The average molecular weight is 277 g/mol. The Balaban J connectivity index is 2.11. The molecule has 2 rings (SSSR count). The molecule has 1 atom stereocenters. The number of benzene rings is 1. The second-order valence-electron chi connectivity index (χ2n) is 5.86. The first-order valence-electron chi connectivity index (χ1n) is 7.58. The summed E-state index contributed by atoms with van der Waals surface area (Å²) in [5, 5.41) is 10.8. The van der Waals surface area contributed by atoms with Crippen LogP contribution in [0.5, 0.6) is 0 Å². The molecule has 1 aliphatic heterocycles. The lowest BCUT2D eigenvalue weighted by molar-refractivity contribution is -0.0838. The number of hydrogen-bond acceptors (Lipinski definition) is 4. The summed E-state index contributed by atoms with van der Waals surface area (Å²) in [6, 6.07) is 6.06. The van der Waals surface area contributed by atoms with Crippen LogP contribution in [0.4, 0.5) is 11.4 Å². The number of β-amino-alcohol motifs (C(OH)–C–C–N with tert-alkyl or cyclic N) is 1. The summed E-state index contributed by atoms with van der Waals surface area (Å²) in [6.07, 6.45) is 2.06. The number of nitrogen functional groups attached to an aromatic ring is 1. The Morgan fingerprint density at radius 3 is 2.80 bits per heavy atom. The third-order valence-corrected chi connectivity index (χ3v) is 4.14. The molecule has 1 aromatic carbocycles. The van der Waals surface area contributed by atoms with E-state index in [1.54, 1.807) is 0 Å². The van der Waals surface area contributed by atoms with Crippen LogP contribution >= 0.6 is 0 Å². The minimum Gasteiger partial charge on any atom is -0.399 e. The molecule has 1 aromatic rings. The van der Waals surface area contributed by atoms with Gasteiger partial charge in [0.1, 0.15) is 5.72 Å². The highest BCUT2D eigenvalue weighted by Gasteiger charge is 2.32. The highest BCUT2D eigenvalue weighted by molar-refractivity contribution is 5.63. The first kappa shape index (κ1) is 15.1. The van der Waals surface area contributed by atoms with E-state index in [1.807, 2.05) is 19.1 Å². The smallest absolute Gasteiger partial charge is 0.133 e. The lowest BCUT2D eigenvalue weighted by Gasteiger charge is -2.39. The monoisotopic (exact) mass is 277 g/mol. The third-order valence-electron chi connectivity index (χ3n) is 4.14. The fourth-order valence-corrected chi connectivity index (χ4v) is 3.13. The molecule has 1 aliphatic rings. The van der Waals surface area contributed by atoms with Crippen LogP contribution in [0.15, 0.2) is 18.2 Å². The predicted molar refractivity (Wildman–Crippen MR) is 84.9 cm³/mol. The maximum absolute atomic E-state index is 10.8. The topological polar surface area (TPSA) is 52.7 Å². The molecule has 0 bridgehead atoms. The van der Waals surface area contributed by atoms with E-state index in [4.69, 9.17) is 5.73 Å². The quantitative estimate of drug-likeness (QED) is 0.617. The molecule has 1 unspecified atom stereocenters. The average Bonchev–Trinajstić information content (AvgIpc) is 2.77. The number of nitrogens with two attached hydrogens (primary N) is 1. The largest absolute Gasteiger partial charge is 0.399 e. The van der Waals surface area contributed by atoms with Gasteiger partial charge in [-0.3, -0.25) is 4.90 Å². The molecule has 1 heterocycles. The third kappa shape index (κ3) is 3.07. The van der Waals surface area contributed by atoms with Crippen molar-refractivity contribution < 1.29 is 5.11 Å². The van der Waals surface area contributed by atoms with Crippen molar-refractivity contribution in [3.05, 3.63) is 23.8 Å². The van der Waals surface area contributed by atoms with Gasteiger partial charge in [-0.15, -0.1) is 0 Å². The summed E-state index contributed by atoms with van der Waals surface area (Å²) in [6.45, 7) is 9.54. The Morgan fingerprint density at radius 2 is 2.15 bits per heavy atom. The second-order valence-corrected chi connectivity index (χ2v) is 5.86. The summed E-state index contributed by atoms with van der Waals surface area (Å²) in [5.74, 6) is 0. The number of hydrogen-bond donors (Lipinski definition) is 2. The van der Waals surface area contributed by atoms with Gasteiger partial charge in [0.05, 0.1) is 6.54 Å². The van der Waals surface area contributed by atoms with Gasteiger partial charge in [0, 0.05) is 24.5 Å². The zero-order valence-corrected chi connectivity index (χ0v) is 12.9. The van der Waals surface area contributed by atoms with Crippen LogP contribution in [-0.2, 0) is 6.42 Å². The highest BCUT2D eigenvalue weighted by atomic mass is 16.3.